The molecule has 1 amide bonds. The van der Waals surface area contributed by atoms with Gasteiger partial charge in [0.15, 0.2) is 0 Å². The van der Waals surface area contributed by atoms with E-state index < -0.39 is 11.5 Å². The van der Waals surface area contributed by atoms with Gasteiger partial charge in [-0.2, -0.15) is 5.10 Å². The molecule has 3 heterocycles. The number of aryl methyl sites for hydroxylation is 1. The lowest BCUT2D eigenvalue weighted by Gasteiger charge is -2.22. The predicted molar refractivity (Wildman–Crippen MR) is 104 cm³/mol. The van der Waals surface area contributed by atoms with Gasteiger partial charge in [-0.25, -0.2) is 14.5 Å². The van der Waals surface area contributed by atoms with E-state index in [2.05, 4.69) is 20.7 Å². The molecule has 3 aromatic rings. The third kappa shape index (κ3) is 3.72. The maximum Gasteiger partial charge on any atom is 0.349 e. The summed E-state index contributed by atoms with van der Waals surface area (Å²) in [6, 6.07) is 8.96. The monoisotopic (exact) mass is 379 g/mol. The molecule has 2 N–H and O–H groups in total. The van der Waals surface area contributed by atoms with Crippen LogP contribution in [0.4, 0.5) is 5.69 Å². The van der Waals surface area contributed by atoms with E-state index in [1.54, 1.807) is 36.1 Å². The Morgan fingerprint density at radius 1 is 1.29 bits per heavy atom. The Morgan fingerprint density at radius 3 is 2.82 bits per heavy atom. The summed E-state index contributed by atoms with van der Waals surface area (Å²) in [6.45, 7) is 3.57. The van der Waals surface area contributed by atoms with Crippen LogP contribution in [-0.4, -0.2) is 33.8 Å². The maximum absolute atomic E-state index is 12.7. The molecular weight excluding hydrogens is 358 g/mol. The minimum Gasteiger partial charge on any atom is -0.427 e. The zero-order chi connectivity index (χ0) is 19.5. The molecule has 4 rings (SSSR count). The Labute approximate surface area is 161 Å². The van der Waals surface area contributed by atoms with Crippen LogP contribution in [0.3, 0.4) is 0 Å². The Hall–Kier alpha value is -3.26. The van der Waals surface area contributed by atoms with Gasteiger partial charge in [0.2, 0.25) is 0 Å². The first-order valence-electron chi connectivity index (χ1n) is 9.23. The molecule has 0 spiro atoms. The van der Waals surface area contributed by atoms with E-state index in [1.807, 2.05) is 12.1 Å². The molecule has 28 heavy (non-hydrogen) atoms. The number of benzene rings is 1. The Kier molecular flexibility index (Phi) is 5.03. The second-order valence-electron chi connectivity index (χ2n) is 6.86. The number of carbonyl (C=O) groups excluding carboxylic acids is 1. The van der Waals surface area contributed by atoms with E-state index in [0.717, 1.165) is 31.6 Å². The van der Waals surface area contributed by atoms with Crippen LogP contribution < -0.4 is 16.3 Å². The van der Waals surface area contributed by atoms with Crippen LogP contribution in [0.5, 0.6) is 0 Å². The van der Waals surface area contributed by atoms with Crippen LogP contribution in [0.25, 0.3) is 5.69 Å². The largest absolute Gasteiger partial charge is 0.427 e. The fraction of sp³-hybridized carbons (Fsp3) is 0.300. The predicted octanol–water partition coefficient (Wildman–Crippen LogP) is 2.25. The lowest BCUT2D eigenvalue weighted by molar-refractivity contribution is 0.102. The third-order valence-corrected chi connectivity index (χ3v) is 4.92. The van der Waals surface area contributed by atoms with E-state index in [-0.39, 0.29) is 11.5 Å². The van der Waals surface area contributed by atoms with Crippen LogP contribution in [0.1, 0.15) is 40.4 Å². The van der Waals surface area contributed by atoms with E-state index >= 15 is 0 Å². The molecule has 1 aliphatic rings. The first-order chi connectivity index (χ1) is 13.6. The average molecular weight is 379 g/mol. The molecular formula is C20H21N5O3. The van der Waals surface area contributed by atoms with Gasteiger partial charge in [-0.3, -0.25) is 4.79 Å². The number of hydrogen-bond donors (Lipinski definition) is 2. The molecule has 0 unspecified atom stereocenters. The average Bonchev–Trinajstić information content (AvgIpc) is 3.23. The van der Waals surface area contributed by atoms with E-state index in [4.69, 9.17) is 4.42 Å². The van der Waals surface area contributed by atoms with Gasteiger partial charge >= 0.3 is 5.63 Å². The summed E-state index contributed by atoms with van der Waals surface area (Å²) in [4.78, 5) is 29.2. The van der Waals surface area contributed by atoms with Gasteiger partial charge in [0.05, 0.1) is 5.69 Å². The van der Waals surface area contributed by atoms with Crippen molar-refractivity contribution >= 4 is 11.6 Å². The highest BCUT2D eigenvalue weighted by molar-refractivity contribution is 6.05. The van der Waals surface area contributed by atoms with Crippen LogP contribution in [-0.2, 0) is 0 Å². The number of rotatable bonds is 4. The van der Waals surface area contributed by atoms with Crippen molar-refractivity contribution < 1.29 is 9.21 Å². The van der Waals surface area contributed by atoms with Crippen molar-refractivity contribution in [2.75, 3.05) is 18.4 Å². The number of anilines is 1. The molecule has 0 atom stereocenters. The number of carbonyl (C=O) groups is 1. The molecule has 1 aliphatic heterocycles. The molecule has 0 radical (unpaired) electrons. The number of aromatic nitrogens is 3. The number of nitrogens with one attached hydrogen (secondary N) is 2. The molecule has 1 saturated heterocycles. The highest BCUT2D eigenvalue weighted by Crippen LogP contribution is 2.25. The summed E-state index contributed by atoms with van der Waals surface area (Å²) < 4.78 is 7.09. The molecule has 144 valence electrons. The van der Waals surface area contributed by atoms with Gasteiger partial charge in [-0.15, -0.1) is 0 Å². The third-order valence-electron chi connectivity index (χ3n) is 4.92. The fourth-order valence-corrected chi connectivity index (χ4v) is 3.47. The van der Waals surface area contributed by atoms with Crippen LogP contribution in [0.15, 0.2) is 52.2 Å². The molecule has 8 nitrogen and oxygen atoms in total. The minimum absolute atomic E-state index is 0.0313. The normalized spacial score (nSPS) is 14.8. The van der Waals surface area contributed by atoms with Crippen molar-refractivity contribution in [3.05, 3.63) is 70.3 Å². The molecule has 0 aliphatic carbocycles. The molecule has 0 bridgehead atoms. The lowest BCUT2D eigenvalue weighted by Crippen LogP contribution is -2.28. The molecule has 1 aromatic carbocycles. The van der Waals surface area contributed by atoms with E-state index in [1.165, 1.54) is 6.33 Å². The van der Waals surface area contributed by atoms with Crippen LogP contribution in [0.2, 0.25) is 0 Å². The summed E-state index contributed by atoms with van der Waals surface area (Å²) in [5.74, 6) is 0.386. The van der Waals surface area contributed by atoms with Gasteiger partial charge in [-0.1, -0.05) is 6.07 Å². The summed E-state index contributed by atoms with van der Waals surface area (Å²) in [7, 11) is 0. The number of nitrogens with zero attached hydrogens (tertiary/aromatic N) is 3. The number of hydrogen-bond acceptors (Lipinski definition) is 6. The van der Waals surface area contributed by atoms with Crippen molar-refractivity contribution in [1.82, 2.24) is 20.1 Å². The van der Waals surface area contributed by atoms with Gasteiger partial charge in [0.1, 0.15) is 24.0 Å². The quantitative estimate of drug-likeness (QED) is 0.721. The van der Waals surface area contributed by atoms with Gasteiger partial charge in [0.25, 0.3) is 5.91 Å². The fourth-order valence-electron chi connectivity index (χ4n) is 3.47. The van der Waals surface area contributed by atoms with Crippen molar-refractivity contribution in [1.29, 1.82) is 0 Å². The highest BCUT2D eigenvalue weighted by Gasteiger charge is 2.22. The van der Waals surface area contributed by atoms with E-state index in [9.17, 15) is 9.59 Å². The highest BCUT2D eigenvalue weighted by atomic mass is 16.4. The summed E-state index contributed by atoms with van der Waals surface area (Å²) in [6.07, 6.45) is 4.84. The van der Waals surface area contributed by atoms with Crippen molar-refractivity contribution in [3.63, 3.8) is 0 Å². The zero-order valence-corrected chi connectivity index (χ0v) is 15.5. The molecule has 1 fully saturated rings. The van der Waals surface area contributed by atoms with Crippen molar-refractivity contribution in [3.8, 4) is 5.69 Å². The van der Waals surface area contributed by atoms with Gasteiger partial charge < -0.3 is 15.1 Å². The molecule has 8 heteroatoms. The number of amides is 1. The second kappa shape index (κ2) is 7.77. The lowest BCUT2D eigenvalue weighted by atomic mass is 9.94. The van der Waals surface area contributed by atoms with Gasteiger partial charge in [-0.05, 0) is 62.7 Å². The number of piperidine rings is 1. The SMILES string of the molecule is Cc1cc(C2CCNCC2)oc(=O)c1C(=O)Nc1cccc(-n2cncn2)c1. The maximum atomic E-state index is 12.7. The summed E-state index contributed by atoms with van der Waals surface area (Å²) in [5.41, 5.74) is 1.36. The molecule has 2 aromatic heterocycles. The Balaban J connectivity index is 1.57. The first kappa shape index (κ1) is 18.1. The first-order valence-corrected chi connectivity index (χ1v) is 9.23. The van der Waals surface area contributed by atoms with Crippen LogP contribution >= 0.6 is 0 Å². The standard InChI is InChI=1S/C20H21N5O3/c1-13-9-17(14-5-7-21-8-6-14)28-20(27)18(13)19(26)24-15-3-2-4-16(10-15)25-12-22-11-23-25/h2-4,9-12,14,21H,5-8H2,1H3,(H,24,26). The Bertz CT molecular complexity index is 1040. The van der Waals surface area contributed by atoms with Crippen LogP contribution in [0, 0.1) is 6.92 Å². The van der Waals surface area contributed by atoms with Crippen molar-refractivity contribution in [2.24, 2.45) is 0 Å². The Morgan fingerprint density at radius 2 is 2.11 bits per heavy atom. The summed E-state index contributed by atoms with van der Waals surface area (Å²) >= 11 is 0. The van der Waals surface area contributed by atoms with E-state index in [0.29, 0.717) is 17.0 Å². The topological polar surface area (TPSA) is 102 Å². The smallest absolute Gasteiger partial charge is 0.349 e. The molecule has 0 saturated carbocycles. The summed E-state index contributed by atoms with van der Waals surface area (Å²) in [5, 5.41) is 10.1. The van der Waals surface area contributed by atoms with Crippen molar-refractivity contribution in [2.45, 2.75) is 25.7 Å². The van der Waals surface area contributed by atoms with Gasteiger partial charge in [0, 0.05) is 11.6 Å². The minimum atomic E-state index is -0.599. The zero-order valence-electron chi connectivity index (χ0n) is 15.5. The second-order valence-corrected chi connectivity index (χ2v) is 6.86.